The standard InChI is InChI=1S/C18H21FN4O2/c1-4-23-11(3)16(10(2)22-23)21-18(25)17(24)20-15-8-6-12-5-7-13(19)9-14(12)15/h5,7,9,15H,4,6,8H2,1-3H3,(H,20,24)(H,21,25). The molecule has 0 fully saturated rings. The number of benzene rings is 1. The minimum Gasteiger partial charge on any atom is -0.341 e. The first kappa shape index (κ1) is 17.1. The fraction of sp³-hybridized carbons (Fsp3) is 0.389. The first-order valence-corrected chi connectivity index (χ1v) is 8.34. The van der Waals surface area contributed by atoms with Crippen LogP contribution in [0.4, 0.5) is 10.1 Å². The van der Waals surface area contributed by atoms with E-state index in [0.717, 1.165) is 23.2 Å². The van der Waals surface area contributed by atoms with Crippen molar-refractivity contribution in [3.05, 3.63) is 46.5 Å². The number of rotatable bonds is 3. The van der Waals surface area contributed by atoms with Crippen molar-refractivity contribution in [3.8, 4) is 0 Å². The summed E-state index contributed by atoms with van der Waals surface area (Å²) in [5, 5.41) is 9.64. The van der Waals surface area contributed by atoms with Crippen LogP contribution in [0.2, 0.25) is 0 Å². The van der Waals surface area contributed by atoms with Gasteiger partial charge in [-0.25, -0.2) is 4.39 Å². The summed E-state index contributed by atoms with van der Waals surface area (Å²) in [5.41, 5.74) is 3.76. The molecule has 2 aromatic rings. The highest BCUT2D eigenvalue weighted by Crippen LogP contribution is 2.31. The number of aromatic nitrogens is 2. The van der Waals surface area contributed by atoms with Gasteiger partial charge in [0, 0.05) is 6.54 Å². The maximum absolute atomic E-state index is 13.4. The largest absolute Gasteiger partial charge is 0.341 e. The summed E-state index contributed by atoms with van der Waals surface area (Å²) in [6, 6.07) is 4.21. The normalized spacial score (nSPS) is 15.8. The predicted molar refractivity (Wildman–Crippen MR) is 91.6 cm³/mol. The van der Waals surface area contributed by atoms with Gasteiger partial charge in [0.05, 0.1) is 23.1 Å². The minimum atomic E-state index is -0.744. The smallest absolute Gasteiger partial charge is 0.313 e. The number of nitrogens with one attached hydrogen (secondary N) is 2. The second-order valence-corrected chi connectivity index (χ2v) is 6.22. The fourth-order valence-electron chi connectivity index (χ4n) is 3.30. The van der Waals surface area contributed by atoms with Gasteiger partial charge < -0.3 is 10.6 Å². The maximum atomic E-state index is 13.4. The van der Waals surface area contributed by atoms with Gasteiger partial charge in [-0.05, 0) is 56.9 Å². The Bertz CT molecular complexity index is 844. The topological polar surface area (TPSA) is 76.0 Å². The van der Waals surface area contributed by atoms with Crippen molar-refractivity contribution in [2.45, 2.75) is 46.2 Å². The van der Waals surface area contributed by atoms with Crippen LogP contribution < -0.4 is 10.6 Å². The summed E-state index contributed by atoms with van der Waals surface area (Å²) in [4.78, 5) is 24.5. The molecule has 0 radical (unpaired) electrons. The third-order valence-corrected chi connectivity index (χ3v) is 4.62. The molecule has 1 aliphatic carbocycles. The molecule has 3 rings (SSSR count). The molecule has 1 aliphatic rings. The highest BCUT2D eigenvalue weighted by atomic mass is 19.1. The molecular formula is C18H21FN4O2. The lowest BCUT2D eigenvalue weighted by Gasteiger charge is -2.14. The average Bonchev–Trinajstić information content (AvgIpc) is 3.09. The number of anilines is 1. The summed E-state index contributed by atoms with van der Waals surface area (Å²) >= 11 is 0. The first-order chi connectivity index (χ1) is 11.9. The van der Waals surface area contributed by atoms with Crippen LogP contribution in [-0.2, 0) is 22.6 Å². The third kappa shape index (κ3) is 3.26. The Morgan fingerprint density at radius 1 is 1.32 bits per heavy atom. The third-order valence-electron chi connectivity index (χ3n) is 4.62. The van der Waals surface area contributed by atoms with Crippen molar-refractivity contribution < 1.29 is 14.0 Å². The molecule has 2 N–H and O–H groups in total. The van der Waals surface area contributed by atoms with Crippen LogP contribution in [0.15, 0.2) is 18.2 Å². The molecule has 1 aromatic heterocycles. The summed E-state index contributed by atoms with van der Waals surface area (Å²) in [5.74, 6) is -1.82. The molecule has 1 aromatic carbocycles. The minimum absolute atomic E-state index is 0.343. The maximum Gasteiger partial charge on any atom is 0.313 e. The van der Waals surface area contributed by atoms with Crippen molar-refractivity contribution in [2.75, 3.05) is 5.32 Å². The zero-order valence-corrected chi connectivity index (χ0v) is 14.5. The van der Waals surface area contributed by atoms with Gasteiger partial charge in [-0.2, -0.15) is 5.10 Å². The Morgan fingerprint density at radius 3 is 2.76 bits per heavy atom. The van der Waals surface area contributed by atoms with Crippen LogP contribution in [0.3, 0.4) is 0 Å². The van der Waals surface area contributed by atoms with Gasteiger partial charge >= 0.3 is 11.8 Å². The van der Waals surface area contributed by atoms with Gasteiger partial charge in [-0.15, -0.1) is 0 Å². The summed E-state index contributed by atoms with van der Waals surface area (Å²) in [6.07, 6.45) is 1.41. The van der Waals surface area contributed by atoms with Gasteiger partial charge in [-0.1, -0.05) is 6.07 Å². The molecule has 2 amide bonds. The quantitative estimate of drug-likeness (QED) is 0.840. The van der Waals surface area contributed by atoms with Gasteiger partial charge in [0.1, 0.15) is 5.82 Å². The number of aryl methyl sites for hydroxylation is 3. The summed E-state index contributed by atoms with van der Waals surface area (Å²) in [7, 11) is 0. The van der Waals surface area contributed by atoms with Crippen molar-refractivity contribution in [3.63, 3.8) is 0 Å². The Morgan fingerprint density at radius 2 is 2.08 bits per heavy atom. The molecule has 7 heteroatoms. The van der Waals surface area contributed by atoms with Gasteiger partial charge in [0.2, 0.25) is 0 Å². The first-order valence-electron chi connectivity index (χ1n) is 8.34. The molecule has 0 aliphatic heterocycles. The molecule has 0 spiro atoms. The fourth-order valence-corrected chi connectivity index (χ4v) is 3.30. The molecule has 0 saturated carbocycles. The Kier molecular flexibility index (Phi) is 4.57. The van der Waals surface area contributed by atoms with E-state index in [1.807, 2.05) is 13.8 Å². The Hall–Kier alpha value is -2.70. The number of halogens is 1. The lowest BCUT2D eigenvalue weighted by atomic mass is 10.1. The average molecular weight is 344 g/mol. The number of amides is 2. The van der Waals surface area contributed by atoms with Crippen LogP contribution in [0, 0.1) is 19.7 Å². The number of hydrogen-bond acceptors (Lipinski definition) is 3. The van der Waals surface area contributed by atoms with Crippen molar-refractivity contribution >= 4 is 17.5 Å². The number of nitrogens with zero attached hydrogens (tertiary/aromatic N) is 2. The van der Waals surface area contributed by atoms with Gasteiger partial charge in [-0.3, -0.25) is 14.3 Å². The Balaban J connectivity index is 1.70. The number of fused-ring (bicyclic) bond motifs is 1. The van der Waals surface area contributed by atoms with Gasteiger partial charge in [0.25, 0.3) is 0 Å². The van der Waals surface area contributed by atoms with E-state index in [0.29, 0.717) is 24.3 Å². The lowest BCUT2D eigenvalue weighted by molar-refractivity contribution is -0.136. The van der Waals surface area contributed by atoms with E-state index in [9.17, 15) is 14.0 Å². The van der Waals surface area contributed by atoms with Crippen molar-refractivity contribution in [1.29, 1.82) is 0 Å². The van der Waals surface area contributed by atoms with E-state index in [1.165, 1.54) is 12.1 Å². The summed E-state index contributed by atoms with van der Waals surface area (Å²) < 4.78 is 15.2. The van der Waals surface area contributed by atoms with E-state index in [-0.39, 0.29) is 11.9 Å². The number of hydrogen-bond donors (Lipinski definition) is 2. The molecule has 1 unspecified atom stereocenters. The van der Waals surface area contributed by atoms with Crippen LogP contribution in [0.5, 0.6) is 0 Å². The van der Waals surface area contributed by atoms with E-state index in [2.05, 4.69) is 15.7 Å². The molecule has 1 atom stereocenters. The monoisotopic (exact) mass is 344 g/mol. The number of carbonyl (C=O) groups is 2. The zero-order chi connectivity index (χ0) is 18.1. The van der Waals surface area contributed by atoms with E-state index >= 15 is 0 Å². The van der Waals surface area contributed by atoms with E-state index in [4.69, 9.17) is 0 Å². The molecular weight excluding hydrogens is 323 g/mol. The molecule has 1 heterocycles. The molecule has 0 bridgehead atoms. The predicted octanol–water partition coefficient (Wildman–Crippen LogP) is 2.40. The lowest BCUT2D eigenvalue weighted by Crippen LogP contribution is -2.37. The van der Waals surface area contributed by atoms with Gasteiger partial charge in [0.15, 0.2) is 0 Å². The number of carbonyl (C=O) groups excluding carboxylic acids is 2. The zero-order valence-electron chi connectivity index (χ0n) is 14.5. The molecule has 132 valence electrons. The SMILES string of the molecule is CCn1nc(C)c(NC(=O)C(=O)NC2CCc3ccc(F)cc32)c1C. The Labute approximate surface area is 145 Å². The van der Waals surface area contributed by atoms with Crippen molar-refractivity contribution in [1.82, 2.24) is 15.1 Å². The summed E-state index contributed by atoms with van der Waals surface area (Å²) in [6.45, 7) is 6.25. The highest BCUT2D eigenvalue weighted by molar-refractivity contribution is 6.39. The molecule has 6 nitrogen and oxygen atoms in total. The van der Waals surface area contributed by atoms with Crippen LogP contribution in [0.25, 0.3) is 0 Å². The van der Waals surface area contributed by atoms with Crippen LogP contribution in [0.1, 0.15) is 41.9 Å². The molecule has 0 saturated heterocycles. The van der Waals surface area contributed by atoms with Crippen LogP contribution >= 0.6 is 0 Å². The van der Waals surface area contributed by atoms with E-state index in [1.54, 1.807) is 17.7 Å². The second-order valence-electron chi connectivity index (χ2n) is 6.22. The van der Waals surface area contributed by atoms with E-state index < -0.39 is 11.8 Å². The van der Waals surface area contributed by atoms with Crippen molar-refractivity contribution in [2.24, 2.45) is 0 Å². The molecule has 25 heavy (non-hydrogen) atoms. The second kappa shape index (κ2) is 6.66. The van der Waals surface area contributed by atoms with Crippen LogP contribution in [-0.4, -0.2) is 21.6 Å². The highest BCUT2D eigenvalue weighted by Gasteiger charge is 2.27.